The van der Waals surface area contributed by atoms with Gasteiger partial charge in [-0.3, -0.25) is 0 Å². The van der Waals surface area contributed by atoms with Gasteiger partial charge in [0.25, 0.3) is 0 Å². The summed E-state index contributed by atoms with van der Waals surface area (Å²) in [7, 11) is 1.73. The Labute approximate surface area is 115 Å². The smallest absolute Gasteiger partial charge is 0.0931 e. The number of aromatic nitrogens is 1. The minimum Gasteiger partial charge on any atom is -0.383 e. The van der Waals surface area contributed by atoms with Gasteiger partial charge in [-0.2, -0.15) is 0 Å². The van der Waals surface area contributed by atoms with Crippen LogP contribution in [0.15, 0.2) is 0 Å². The largest absolute Gasteiger partial charge is 0.383 e. The summed E-state index contributed by atoms with van der Waals surface area (Å²) in [5.74, 6) is 0. The van der Waals surface area contributed by atoms with E-state index < -0.39 is 0 Å². The molecule has 0 radical (unpaired) electrons. The van der Waals surface area contributed by atoms with E-state index >= 15 is 0 Å². The molecule has 1 aromatic rings. The molecule has 0 atom stereocenters. The Kier molecular flexibility index (Phi) is 6.26. The molecule has 0 saturated carbocycles. The van der Waals surface area contributed by atoms with Crippen LogP contribution < -0.4 is 5.32 Å². The fourth-order valence-electron chi connectivity index (χ4n) is 1.80. The van der Waals surface area contributed by atoms with E-state index in [9.17, 15) is 0 Å². The van der Waals surface area contributed by atoms with Crippen LogP contribution in [-0.4, -0.2) is 25.2 Å². The maximum absolute atomic E-state index is 5.05. The monoisotopic (exact) mass is 270 g/mol. The zero-order chi connectivity index (χ0) is 13.6. The van der Waals surface area contributed by atoms with Crippen LogP contribution >= 0.6 is 11.3 Å². The first kappa shape index (κ1) is 15.6. The molecule has 0 unspecified atom stereocenters. The molecule has 0 bridgehead atoms. The van der Waals surface area contributed by atoms with Crippen LogP contribution in [0.25, 0.3) is 0 Å². The summed E-state index contributed by atoms with van der Waals surface area (Å²) in [5.41, 5.74) is 1.38. The Balaban J connectivity index is 2.73. The molecule has 0 aliphatic heterocycles. The van der Waals surface area contributed by atoms with Crippen molar-refractivity contribution in [3.05, 3.63) is 15.6 Å². The number of nitrogens with zero attached hydrogens (tertiary/aromatic N) is 1. The quantitative estimate of drug-likeness (QED) is 0.773. The Bertz CT molecular complexity index is 355. The van der Waals surface area contributed by atoms with Crippen LogP contribution in [0, 0.1) is 0 Å². The van der Waals surface area contributed by atoms with Gasteiger partial charge in [0.15, 0.2) is 0 Å². The van der Waals surface area contributed by atoms with E-state index in [2.05, 4.69) is 33.0 Å². The molecule has 1 rings (SSSR count). The normalized spacial score (nSPS) is 12.1. The molecule has 1 heterocycles. The van der Waals surface area contributed by atoms with Crippen molar-refractivity contribution in [1.82, 2.24) is 10.3 Å². The molecule has 0 saturated heterocycles. The van der Waals surface area contributed by atoms with Gasteiger partial charge in [-0.15, -0.1) is 11.3 Å². The molecule has 0 spiro atoms. The van der Waals surface area contributed by atoms with Crippen molar-refractivity contribution in [2.24, 2.45) is 0 Å². The SMILES string of the molecule is CCCc1nc(C(C)(C)C)c(CNCCOC)s1. The summed E-state index contributed by atoms with van der Waals surface area (Å²) in [5, 5.41) is 4.69. The lowest BCUT2D eigenvalue weighted by Crippen LogP contribution is -2.21. The van der Waals surface area contributed by atoms with E-state index in [-0.39, 0.29) is 5.41 Å². The Morgan fingerprint density at radius 2 is 2.06 bits per heavy atom. The number of hydrogen-bond donors (Lipinski definition) is 1. The van der Waals surface area contributed by atoms with E-state index in [0.29, 0.717) is 0 Å². The van der Waals surface area contributed by atoms with Crippen LogP contribution in [0.2, 0.25) is 0 Å². The van der Waals surface area contributed by atoms with E-state index in [1.165, 1.54) is 15.6 Å². The second kappa shape index (κ2) is 7.22. The molecular weight excluding hydrogens is 244 g/mol. The number of rotatable bonds is 7. The summed E-state index contributed by atoms with van der Waals surface area (Å²) >= 11 is 1.85. The number of hydrogen-bond acceptors (Lipinski definition) is 4. The fourth-order valence-corrected chi connectivity index (χ4v) is 3.15. The van der Waals surface area contributed by atoms with Crippen molar-refractivity contribution in [3.8, 4) is 0 Å². The summed E-state index contributed by atoms with van der Waals surface area (Å²) in [4.78, 5) is 6.19. The molecule has 18 heavy (non-hydrogen) atoms. The molecule has 104 valence electrons. The Morgan fingerprint density at radius 3 is 2.61 bits per heavy atom. The lowest BCUT2D eigenvalue weighted by molar-refractivity contribution is 0.199. The Hall–Kier alpha value is -0.450. The predicted molar refractivity (Wildman–Crippen MR) is 78.4 cm³/mol. The molecule has 0 aromatic carbocycles. The highest BCUT2D eigenvalue weighted by Gasteiger charge is 2.22. The Morgan fingerprint density at radius 1 is 1.33 bits per heavy atom. The van der Waals surface area contributed by atoms with Gasteiger partial charge in [0.2, 0.25) is 0 Å². The molecule has 4 heteroatoms. The number of methoxy groups -OCH3 is 1. The third-order valence-corrected chi connectivity index (χ3v) is 3.80. The van der Waals surface area contributed by atoms with Crippen LogP contribution in [0.4, 0.5) is 0 Å². The number of nitrogens with one attached hydrogen (secondary N) is 1. The first-order valence-corrected chi connectivity index (χ1v) is 7.49. The minimum atomic E-state index is 0.126. The molecule has 0 aliphatic carbocycles. The molecule has 3 nitrogen and oxygen atoms in total. The average molecular weight is 270 g/mol. The van der Waals surface area contributed by atoms with Gasteiger partial charge >= 0.3 is 0 Å². The maximum atomic E-state index is 5.05. The zero-order valence-electron chi connectivity index (χ0n) is 12.3. The highest BCUT2D eigenvalue weighted by Crippen LogP contribution is 2.30. The van der Waals surface area contributed by atoms with E-state index in [0.717, 1.165) is 32.5 Å². The molecule has 1 N–H and O–H groups in total. The predicted octanol–water partition coefficient (Wildman–Crippen LogP) is 3.13. The molecule has 0 fully saturated rings. The second-order valence-electron chi connectivity index (χ2n) is 5.55. The topological polar surface area (TPSA) is 34.2 Å². The number of thiazole rings is 1. The molecule has 1 aromatic heterocycles. The van der Waals surface area contributed by atoms with Crippen LogP contribution in [-0.2, 0) is 23.1 Å². The summed E-state index contributed by atoms with van der Waals surface area (Å²) in [6.07, 6.45) is 2.25. The summed E-state index contributed by atoms with van der Waals surface area (Å²) in [6.45, 7) is 11.4. The van der Waals surface area contributed by atoms with Gasteiger partial charge in [0.1, 0.15) is 0 Å². The van der Waals surface area contributed by atoms with E-state index in [1.807, 2.05) is 11.3 Å². The van der Waals surface area contributed by atoms with E-state index in [1.54, 1.807) is 7.11 Å². The van der Waals surface area contributed by atoms with Gasteiger partial charge in [0.05, 0.1) is 17.3 Å². The first-order valence-electron chi connectivity index (χ1n) is 6.67. The van der Waals surface area contributed by atoms with Gasteiger partial charge in [-0.25, -0.2) is 4.98 Å². The van der Waals surface area contributed by atoms with Crippen molar-refractivity contribution in [2.75, 3.05) is 20.3 Å². The highest BCUT2D eigenvalue weighted by atomic mass is 32.1. The van der Waals surface area contributed by atoms with Crippen molar-refractivity contribution in [3.63, 3.8) is 0 Å². The number of ether oxygens (including phenoxy) is 1. The fraction of sp³-hybridized carbons (Fsp3) is 0.786. The third-order valence-electron chi connectivity index (χ3n) is 2.68. The maximum Gasteiger partial charge on any atom is 0.0931 e. The molecule has 0 amide bonds. The van der Waals surface area contributed by atoms with E-state index in [4.69, 9.17) is 9.72 Å². The van der Waals surface area contributed by atoms with Crippen molar-refractivity contribution >= 4 is 11.3 Å². The summed E-state index contributed by atoms with van der Waals surface area (Å²) in [6, 6.07) is 0. The van der Waals surface area contributed by atoms with Gasteiger partial charge in [0, 0.05) is 30.5 Å². The third kappa shape index (κ3) is 4.67. The summed E-state index contributed by atoms with van der Waals surface area (Å²) < 4.78 is 5.05. The van der Waals surface area contributed by atoms with Crippen molar-refractivity contribution in [2.45, 2.75) is 52.5 Å². The zero-order valence-corrected chi connectivity index (χ0v) is 13.1. The van der Waals surface area contributed by atoms with Crippen molar-refractivity contribution < 1.29 is 4.74 Å². The van der Waals surface area contributed by atoms with Gasteiger partial charge < -0.3 is 10.1 Å². The minimum absolute atomic E-state index is 0.126. The highest BCUT2D eigenvalue weighted by molar-refractivity contribution is 7.11. The van der Waals surface area contributed by atoms with Crippen LogP contribution in [0.3, 0.4) is 0 Å². The van der Waals surface area contributed by atoms with Gasteiger partial charge in [-0.1, -0.05) is 27.7 Å². The van der Waals surface area contributed by atoms with Crippen LogP contribution in [0.5, 0.6) is 0 Å². The van der Waals surface area contributed by atoms with Crippen LogP contribution in [0.1, 0.15) is 49.7 Å². The molecular formula is C14H26N2OS. The molecule has 0 aliphatic rings. The standard InChI is InChI=1S/C14H26N2OS/c1-6-7-12-16-13(14(2,3)4)11(18-12)10-15-8-9-17-5/h15H,6-10H2,1-5H3. The lowest BCUT2D eigenvalue weighted by Gasteiger charge is -2.17. The first-order chi connectivity index (χ1) is 8.49. The second-order valence-corrected chi connectivity index (χ2v) is 6.72. The van der Waals surface area contributed by atoms with Crippen molar-refractivity contribution in [1.29, 1.82) is 0 Å². The van der Waals surface area contributed by atoms with Gasteiger partial charge in [-0.05, 0) is 12.8 Å². The average Bonchev–Trinajstić information content (AvgIpc) is 2.68. The number of aryl methyl sites for hydroxylation is 1. The lowest BCUT2D eigenvalue weighted by atomic mass is 9.91.